The zero-order chi connectivity index (χ0) is 18.0. The molecule has 2 heterocycles. The van der Waals surface area contributed by atoms with E-state index in [2.05, 4.69) is 16.8 Å². The number of nitrogens with zero attached hydrogens (tertiary/aromatic N) is 3. The number of aryl methyl sites for hydroxylation is 1. The summed E-state index contributed by atoms with van der Waals surface area (Å²) >= 11 is 0. The number of hydrogen-bond donors (Lipinski definition) is 1. The van der Waals surface area contributed by atoms with Crippen LogP contribution >= 0.6 is 0 Å². The summed E-state index contributed by atoms with van der Waals surface area (Å²) in [5.41, 5.74) is 1.66. The largest absolute Gasteiger partial charge is 0.477 e. The highest BCUT2D eigenvalue weighted by Gasteiger charge is 2.17. The lowest BCUT2D eigenvalue weighted by atomic mass is 10.0. The number of aromatic carboxylic acids is 1. The highest BCUT2D eigenvalue weighted by atomic mass is 16.4. The van der Waals surface area contributed by atoms with Crippen LogP contribution in [0.15, 0.2) is 41.5 Å². The van der Waals surface area contributed by atoms with Crippen molar-refractivity contribution in [1.82, 2.24) is 9.47 Å². The van der Waals surface area contributed by atoms with Crippen LogP contribution in [-0.2, 0) is 6.54 Å². The van der Waals surface area contributed by atoms with E-state index >= 15 is 0 Å². The van der Waals surface area contributed by atoms with Gasteiger partial charge in [-0.1, -0.05) is 12.1 Å². The van der Waals surface area contributed by atoms with Gasteiger partial charge in [0.25, 0.3) is 0 Å². The molecule has 1 aromatic heterocycles. The quantitative estimate of drug-likeness (QED) is 0.921. The molecule has 0 unspecified atom stereocenters. The molecule has 0 bridgehead atoms. The Kier molecular flexibility index (Phi) is 4.90. The molecule has 1 saturated heterocycles. The number of carbonyl (C=O) groups is 1. The maximum atomic E-state index is 12.5. The SMILES string of the molecule is CCn1cc(C(=O)O)c(=O)c(-c2ccc(N3CCN(C)CC3)cc2)c1. The van der Waals surface area contributed by atoms with Crippen LogP contribution in [-0.4, -0.2) is 53.8 Å². The van der Waals surface area contributed by atoms with E-state index in [9.17, 15) is 14.7 Å². The third-order valence-electron chi connectivity index (χ3n) is 4.72. The van der Waals surface area contributed by atoms with Crippen molar-refractivity contribution in [3.8, 4) is 11.1 Å². The van der Waals surface area contributed by atoms with Gasteiger partial charge in [-0.25, -0.2) is 4.79 Å². The van der Waals surface area contributed by atoms with Gasteiger partial charge >= 0.3 is 5.97 Å². The second-order valence-corrected chi connectivity index (χ2v) is 6.39. The van der Waals surface area contributed by atoms with Gasteiger partial charge in [0.05, 0.1) is 0 Å². The average molecular weight is 341 g/mol. The summed E-state index contributed by atoms with van der Waals surface area (Å²) in [6.45, 7) is 6.54. The molecule has 0 amide bonds. The molecule has 1 aromatic carbocycles. The van der Waals surface area contributed by atoms with Crippen molar-refractivity contribution in [2.45, 2.75) is 13.5 Å². The van der Waals surface area contributed by atoms with E-state index in [0.717, 1.165) is 37.4 Å². The number of piperazine rings is 1. The van der Waals surface area contributed by atoms with Gasteiger partial charge in [0.15, 0.2) is 0 Å². The van der Waals surface area contributed by atoms with Gasteiger partial charge in [-0.05, 0) is 31.7 Å². The van der Waals surface area contributed by atoms with Crippen molar-refractivity contribution in [1.29, 1.82) is 0 Å². The molecular formula is C19H23N3O3. The molecule has 3 rings (SSSR count). The minimum absolute atomic E-state index is 0.192. The van der Waals surface area contributed by atoms with Gasteiger partial charge in [-0.2, -0.15) is 0 Å². The van der Waals surface area contributed by atoms with E-state index in [1.165, 1.54) is 6.20 Å². The maximum Gasteiger partial charge on any atom is 0.341 e. The average Bonchev–Trinajstić information content (AvgIpc) is 2.62. The number of benzene rings is 1. The Bertz CT molecular complexity index is 819. The van der Waals surface area contributed by atoms with E-state index in [-0.39, 0.29) is 5.56 Å². The lowest BCUT2D eigenvalue weighted by Gasteiger charge is -2.34. The fourth-order valence-electron chi connectivity index (χ4n) is 3.09. The number of carboxylic acids is 1. The van der Waals surface area contributed by atoms with Gasteiger partial charge < -0.3 is 19.5 Å². The fraction of sp³-hybridized carbons (Fsp3) is 0.368. The molecule has 0 aliphatic carbocycles. The third kappa shape index (κ3) is 3.58. The minimum atomic E-state index is -1.19. The first-order chi connectivity index (χ1) is 12.0. The number of pyridine rings is 1. The molecule has 1 aliphatic rings. The van der Waals surface area contributed by atoms with E-state index in [0.29, 0.717) is 12.1 Å². The summed E-state index contributed by atoms with van der Waals surface area (Å²) in [5, 5.41) is 9.27. The highest BCUT2D eigenvalue weighted by Crippen LogP contribution is 2.22. The number of carboxylic acid groups (broad SMARTS) is 1. The lowest BCUT2D eigenvalue weighted by Crippen LogP contribution is -2.44. The molecule has 6 heteroatoms. The third-order valence-corrected chi connectivity index (χ3v) is 4.72. The highest BCUT2D eigenvalue weighted by molar-refractivity contribution is 5.88. The molecule has 132 valence electrons. The van der Waals surface area contributed by atoms with E-state index in [4.69, 9.17) is 0 Å². The molecule has 6 nitrogen and oxygen atoms in total. The molecule has 0 atom stereocenters. The van der Waals surface area contributed by atoms with Crippen LogP contribution < -0.4 is 10.3 Å². The van der Waals surface area contributed by atoms with Gasteiger partial charge in [0.1, 0.15) is 5.56 Å². The number of likely N-dealkylation sites (N-methyl/N-ethyl adjacent to an activating group) is 1. The molecule has 25 heavy (non-hydrogen) atoms. The molecule has 1 aliphatic heterocycles. The Morgan fingerprint density at radius 1 is 1.08 bits per heavy atom. The molecule has 2 aromatic rings. The maximum absolute atomic E-state index is 12.5. The van der Waals surface area contributed by atoms with E-state index in [1.807, 2.05) is 31.2 Å². The second kappa shape index (κ2) is 7.11. The first kappa shape index (κ1) is 17.2. The van der Waals surface area contributed by atoms with Crippen molar-refractivity contribution in [2.75, 3.05) is 38.1 Å². The number of aromatic nitrogens is 1. The monoisotopic (exact) mass is 341 g/mol. The van der Waals surface area contributed by atoms with E-state index in [1.54, 1.807) is 10.8 Å². The van der Waals surface area contributed by atoms with Crippen molar-refractivity contribution in [2.24, 2.45) is 0 Å². The molecule has 1 N–H and O–H groups in total. The Balaban J connectivity index is 1.93. The van der Waals surface area contributed by atoms with Gasteiger partial charge in [0.2, 0.25) is 5.43 Å². The number of rotatable bonds is 4. The van der Waals surface area contributed by atoms with Crippen LogP contribution in [0, 0.1) is 0 Å². The number of anilines is 1. The smallest absolute Gasteiger partial charge is 0.341 e. The normalized spacial score (nSPS) is 15.4. The Morgan fingerprint density at radius 3 is 2.28 bits per heavy atom. The van der Waals surface area contributed by atoms with Crippen LogP contribution in [0.5, 0.6) is 0 Å². The van der Waals surface area contributed by atoms with E-state index < -0.39 is 11.4 Å². The van der Waals surface area contributed by atoms with Crippen LogP contribution in [0.2, 0.25) is 0 Å². The van der Waals surface area contributed by atoms with Crippen LogP contribution in [0.3, 0.4) is 0 Å². The molecule has 0 saturated carbocycles. The first-order valence-electron chi connectivity index (χ1n) is 8.51. The summed E-state index contributed by atoms with van der Waals surface area (Å²) < 4.78 is 1.73. The second-order valence-electron chi connectivity index (χ2n) is 6.39. The Hall–Kier alpha value is -2.60. The first-order valence-corrected chi connectivity index (χ1v) is 8.51. The molecule has 0 radical (unpaired) electrons. The summed E-state index contributed by atoms with van der Waals surface area (Å²) in [5.74, 6) is -1.19. The summed E-state index contributed by atoms with van der Waals surface area (Å²) in [7, 11) is 2.12. The summed E-state index contributed by atoms with van der Waals surface area (Å²) in [4.78, 5) is 28.5. The number of hydrogen-bond acceptors (Lipinski definition) is 4. The van der Waals surface area contributed by atoms with Crippen LogP contribution in [0.1, 0.15) is 17.3 Å². The topological polar surface area (TPSA) is 65.8 Å². The molecule has 0 spiro atoms. The molecule has 1 fully saturated rings. The minimum Gasteiger partial charge on any atom is -0.477 e. The lowest BCUT2D eigenvalue weighted by molar-refractivity contribution is 0.0694. The standard InChI is InChI=1S/C19H23N3O3/c1-3-21-12-16(18(23)17(13-21)19(24)25)14-4-6-15(7-5-14)22-10-8-20(2)9-11-22/h4-7,12-13H,3,8-11H2,1-2H3,(H,24,25). The Morgan fingerprint density at radius 2 is 1.72 bits per heavy atom. The Labute approximate surface area is 146 Å². The predicted octanol–water partition coefficient (Wildman–Crippen LogP) is 1.99. The van der Waals surface area contributed by atoms with Crippen molar-refractivity contribution < 1.29 is 9.90 Å². The summed E-state index contributed by atoms with van der Waals surface area (Å²) in [6, 6.07) is 7.81. The van der Waals surface area contributed by atoms with Crippen LogP contribution in [0.4, 0.5) is 5.69 Å². The van der Waals surface area contributed by atoms with Crippen molar-refractivity contribution >= 4 is 11.7 Å². The van der Waals surface area contributed by atoms with Crippen molar-refractivity contribution in [3.63, 3.8) is 0 Å². The van der Waals surface area contributed by atoms with Crippen LogP contribution in [0.25, 0.3) is 11.1 Å². The summed E-state index contributed by atoms with van der Waals surface area (Å²) in [6.07, 6.45) is 3.12. The molecular weight excluding hydrogens is 318 g/mol. The van der Waals surface area contributed by atoms with Crippen molar-refractivity contribution in [3.05, 3.63) is 52.4 Å². The van der Waals surface area contributed by atoms with Gasteiger partial charge in [0, 0.05) is 56.4 Å². The zero-order valence-corrected chi connectivity index (χ0v) is 14.6. The zero-order valence-electron chi connectivity index (χ0n) is 14.6. The van der Waals surface area contributed by atoms with Gasteiger partial charge in [-0.3, -0.25) is 4.79 Å². The predicted molar refractivity (Wildman–Crippen MR) is 98.5 cm³/mol. The fourth-order valence-corrected chi connectivity index (χ4v) is 3.09. The van der Waals surface area contributed by atoms with Gasteiger partial charge in [-0.15, -0.1) is 0 Å².